The Labute approximate surface area is 158 Å². The summed E-state index contributed by atoms with van der Waals surface area (Å²) in [5.74, 6) is 1.66. The van der Waals surface area contributed by atoms with Crippen LogP contribution in [0, 0.1) is 11.7 Å². The van der Waals surface area contributed by atoms with Crippen molar-refractivity contribution in [2.24, 2.45) is 5.92 Å². The molecule has 1 saturated heterocycles. The van der Waals surface area contributed by atoms with Crippen LogP contribution in [0.3, 0.4) is 0 Å². The zero-order valence-corrected chi connectivity index (χ0v) is 15.6. The molecule has 1 aliphatic carbocycles. The highest BCUT2D eigenvalue weighted by Crippen LogP contribution is 2.30. The molecule has 1 saturated carbocycles. The second-order valence-corrected chi connectivity index (χ2v) is 7.85. The first-order valence-corrected chi connectivity index (χ1v) is 10.1. The average molecular weight is 371 g/mol. The summed E-state index contributed by atoms with van der Waals surface area (Å²) >= 11 is 0. The number of benzene rings is 1. The first kappa shape index (κ1) is 18.1. The molecule has 5 nitrogen and oxygen atoms in total. The summed E-state index contributed by atoms with van der Waals surface area (Å²) in [7, 11) is 0. The van der Waals surface area contributed by atoms with Gasteiger partial charge in [0.2, 0.25) is 17.6 Å². The molecule has 2 heterocycles. The summed E-state index contributed by atoms with van der Waals surface area (Å²) in [5, 5.41) is 4.04. The van der Waals surface area contributed by atoms with Crippen molar-refractivity contribution in [1.29, 1.82) is 0 Å². The maximum absolute atomic E-state index is 13.1. The van der Waals surface area contributed by atoms with E-state index in [1.54, 1.807) is 12.1 Å². The molecular formula is C21H26FN3O2. The smallest absolute Gasteiger partial charge is 0.231 e. The molecule has 1 amide bonds. The maximum Gasteiger partial charge on any atom is 0.231 e. The van der Waals surface area contributed by atoms with Crippen molar-refractivity contribution in [3.63, 3.8) is 0 Å². The molecule has 2 fully saturated rings. The van der Waals surface area contributed by atoms with E-state index in [9.17, 15) is 9.18 Å². The molecule has 1 atom stereocenters. The number of nitrogens with zero attached hydrogens (tertiary/aromatic N) is 3. The Hall–Kier alpha value is -2.24. The van der Waals surface area contributed by atoms with E-state index in [1.807, 2.05) is 4.90 Å². The summed E-state index contributed by atoms with van der Waals surface area (Å²) in [5.41, 5.74) is 0.729. The third-order valence-corrected chi connectivity index (χ3v) is 5.86. The standard InChI is InChI=1S/C21H26FN3O2/c22-18-10-8-16(9-11-18)20-23-21(27-24-20)17-7-4-12-25(14-17)19(26)13-15-5-2-1-3-6-15/h8-11,15,17H,1-7,12-14H2/t17-/m0/s1. The Morgan fingerprint density at radius 2 is 1.89 bits per heavy atom. The molecule has 0 bridgehead atoms. The van der Waals surface area contributed by atoms with Crippen LogP contribution in [0.1, 0.15) is 63.2 Å². The van der Waals surface area contributed by atoms with E-state index in [-0.39, 0.29) is 17.6 Å². The van der Waals surface area contributed by atoms with E-state index >= 15 is 0 Å². The largest absolute Gasteiger partial charge is 0.342 e. The van der Waals surface area contributed by atoms with E-state index in [0.717, 1.165) is 24.9 Å². The number of hydrogen-bond donors (Lipinski definition) is 0. The van der Waals surface area contributed by atoms with E-state index in [0.29, 0.717) is 30.6 Å². The third-order valence-electron chi connectivity index (χ3n) is 5.86. The Kier molecular flexibility index (Phi) is 5.50. The lowest BCUT2D eigenvalue weighted by Gasteiger charge is -2.32. The predicted octanol–water partition coefficient (Wildman–Crippen LogP) is 4.55. The number of carbonyl (C=O) groups is 1. The molecule has 27 heavy (non-hydrogen) atoms. The van der Waals surface area contributed by atoms with Gasteiger partial charge < -0.3 is 9.42 Å². The Bertz CT molecular complexity index is 768. The topological polar surface area (TPSA) is 59.2 Å². The molecule has 4 rings (SSSR count). The van der Waals surface area contributed by atoms with Crippen LogP contribution in [0.25, 0.3) is 11.4 Å². The number of carbonyl (C=O) groups excluding carboxylic acids is 1. The van der Waals surface area contributed by atoms with Crippen molar-refractivity contribution >= 4 is 5.91 Å². The predicted molar refractivity (Wildman–Crippen MR) is 99.4 cm³/mol. The summed E-state index contributed by atoms with van der Waals surface area (Å²) < 4.78 is 18.6. The van der Waals surface area contributed by atoms with Crippen molar-refractivity contribution < 1.29 is 13.7 Å². The number of hydrogen-bond acceptors (Lipinski definition) is 4. The number of piperidine rings is 1. The molecule has 0 N–H and O–H groups in total. The number of amides is 1. The van der Waals surface area contributed by atoms with Crippen molar-refractivity contribution in [2.75, 3.05) is 13.1 Å². The van der Waals surface area contributed by atoms with Gasteiger partial charge in [-0.25, -0.2) is 4.39 Å². The van der Waals surface area contributed by atoms with Gasteiger partial charge in [0.15, 0.2) is 0 Å². The monoisotopic (exact) mass is 371 g/mol. The van der Waals surface area contributed by atoms with Gasteiger partial charge in [-0.2, -0.15) is 4.98 Å². The highest BCUT2D eigenvalue weighted by atomic mass is 19.1. The lowest BCUT2D eigenvalue weighted by atomic mass is 9.86. The Morgan fingerprint density at radius 1 is 1.11 bits per heavy atom. The quantitative estimate of drug-likeness (QED) is 0.791. The number of rotatable bonds is 4. The average Bonchev–Trinajstić information content (AvgIpc) is 3.20. The van der Waals surface area contributed by atoms with Crippen molar-refractivity contribution in [3.8, 4) is 11.4 Å². The van der Waals surface area contributed by atoms with Gasteiger partial charge in [-0.15, -0.1) is 0 Å². The highest BCUT2D eigenvalue weighted by Gasteiger charge is 2.30. The molecule has 1 aromatic carbocycles. The van der Waals surface area contributed by atoms with Crippen LogP contribution in [0.4, 0.5) is 4.39 Å². The molecular weight excluding hydrogens is 345 g/mol. The fourth-order valence-corrected chi connectivity index (χ4v) is 4.29. The van der Waals surface area contributed by atoms with E-state index in [1.165, 1.54) is 44.2 Å². The molecule has 2 aromatic rings. The molecule has 144 valence electrons. The second-order valence-electron chi connectivity index (χ2n) is 7.85. The summed E-state index contributed by atoms with van der Waals surface area (Å²) in [4.78, 5) is 19.2. The van der Waals surface area contributed by atoms with Crippen LogP contribution in [-0.2, 0) is 4.79 Å². The first-order chi connectivity index (χ1) is 13.2. The van der Waals surface area contributed by atoms with Gasteiger partial charge in [0.05, 0.1) is 5.92 Å². The fourth-order valence-electron chi connectivity index (χ4n) is 4.29. The first-order valence-electron chi connectivity index (χ1n) is 10.1. The van der Waals surface area contributed by atoms with Crippen molar-refractivity contribution in [1.82, 2.24) is 15.0 Å². The highest BCUT2D eigenvalue weighted by molar-refractivity contribution is 5.76. The number of halogens is 1. The molecule has 1 aliphatic heterocycles. The van der Waals surface area contributed by atoms with Crippen molar-refractivity contribution in [2.45, 2.75) is 57.3 Å². The fraction of sp³-hybridized carbons (Fsp3) is 0.571. The SMILES string of the molecule is O=C(CC1CCCCC1)N1CCC[C@H](c2nc(-c3ccc(F)cc3)no2)C1. The second kappa shape index (κ2) is 8.19. The van der Waals surface area contributed by atoms with Gasteiger partial charge >= 0.3 is 0 Å². The van der Waals surface area contributed by atoms with Crippen LogP contribution in [0.5, 0.6) is 0 Å². The minimum Gasteiger partial charge on any atom is -0.342 e. The van der Waals surface area contributed by atoms with Gasteiger partial charge in [0.1, 0.15) is 5.82 Å². The third kappa shape index (κ3) is 4.37. The minimum absolute atomic E-state index is 0.0794. The van der Waals surface area contributed by atoms with Crippen LogP contribution < -0.4 is 0 Å². The molecule has 2 aliphatic rings. The van der Waals surface area contributed by atoms with Gasteiger partial charge in [0.25, 0.3) is 0 Å². The van der Waals surface area contributed by atoms with Crippen LogP contribution in [0.2, 0.25) is 0 Å². The molecule has 6 heteroatoms. The summed E-state index contributed by atoms with van der Waals surface area (Å²) in [6.45, 7) is 1.47. The lowest BCUT2D eigenvalue weighted by molar-refractivity contribution is -0.133. The molecule has 0 unspecified atom stereocenters. The van der Waals surface area contributed by atoms with E-state index < -0.39 is 0 Å². The van der Waals surface area contributed by atoms with Gasteiger partial charge in [0, 0.05) is 25.1 Å². The van der Waals surface area contributed by atoms with Crippen LogP contribution in [-0.4, -0.2) is 34.0 Å². The van der Waals surface area contributed by atoms with E-state index in [2.05, 4.69) is 10.1 Å². The molecule has 0 radical (unpaired) electrons. The van der Waals surface area contributed by atoms with Gasteiger partial charge in [-0.05, 0) is 55.9 Å². The summed E-state index contributed by atoms with van der Waals surface area (Å²) in [6.07, 6.45) is 8.78. The number of aromatic nitrogens is 2. The van der Waals surface area contributed by atoms with Crippen LogP contribution in [0.15, 0.2) is 28.8 Å². The zero-order chi connectivity index (χ0) is 18.6. The normalized spacial score (nSPS) is 21.4. The zero-order valence-electron chi connectivity index (χ0n) is 15.6. The number of likely N-dealkylation sites (tertiary alicyclic amines) is 1. The summed E-state index contributed by atoms with van der Waals surface area (Å²) in [6, 6.07) is 6.06. The van der Waals surface area contributed by atoms with Crippen LogP contribution >= 0.6 is 0 Å². The van der Waals surface area contributed by atoms with E-state index in [4.69, 9.17) is 4.52 Å². The maximum atomic E-state index is 13.1. The molecule has 1 aromatic heterocycles. The molecule has 0 spiro atoms. The Morgan fingerprint density at radius 3 is 2.67 bits per heavy atom. The van der Waals surface area contributed by atoms with Crippen molar-refractivity contribution in [3.05, 3.63) is 36.0 Å². The van der Waals surface area contributed by atoms with Gasteiger partial charge in [-0.1, -0.05) is 24.4 Å². The minimum atomic E-state index is -0.290. The lowest BCUT2D eigenvalue weighted by Crippen LogP contribution is -2.40. The Balaban J connectivity index is 1.39. The van der Waals surface area contributed by atoms with Gasteiger partial charge in [-0.3, -0.25) is 4.79 Å².